The van der Waals surface area contributed by atoms with Crippen LogP contribution in [0.25, 0.3) is 0 Å². The van der Waals surface area contributed by atoms with Crippen molar-refractivity contribution in [3.05, 3.63) is 21.8 Å². The highest BCUT2D eigenvalue weighted by Crippen LogP contribution is 2.22. The molecule has 2 nitrogen and oxygen atoms in total. The van der Waals surface area contributed by atoms with Crippen LogP contribution in [-0.2, 0) is 0 Å². The number of pyridine rings is 1. The van der Waals surface area contributed by atoms with Crippen molar-refractivity contribution in [1.29, 1.82) is 0 Å². The third-order valence-corrected chi connectivity index (χ3v) is 1.86. The summed E-state index contributed by atoms with van der Waals surface area (Å²) in [7, 11) is 1.81. The lowest BCUT2D eigenvalue weighted by atomic mass is 10.5. The Balaban J connectivity index is 3.07. The lowest BCUT2D eigenvalue weighted by Gasteiger charge is -2.00. The highest BCUT2D eigenvalue weighted by atomic mass is 79.9. The molecule has 0 aliphatic carbocycles. The Morgan fingerprint density at radius 3 is 2.90 bits per heavy atom. The van der Waals surface area contributed by atoms with Crippen LogP contribution in [-0.4, -0.2) is 12.0 Å². The Labute approximate surface area is 72.7 Å². The Kier molecular flexibility index (Phi) is 2.51. The number of hydrogen-bond donors (Lipinski definition) is 1. The molecule has 0 spiro atoms. The predicted molar refractivity (Wildman–Crippen MR) is 46.5 cm³/mol. The van der Waals surface area contributed by atoms with Gasteiger partial charge in [-0.3, -0.25) is 0 Å². The summed E-state index contributed by atoms with van der Waals surface area (Å²) in [5.41, 5.74) is 0. The fraction of sp³-hybridized carbons (Fsp3) is 0.167. The highest BCUT2D eigenvalue weighted by molar-refractivity contribution is 9.10. The Bertz CT molecular complexity index is 239. The fourth-order valence-electron chi connectivity index (χ4n) is 0.599. The molecule has 0 unspecified atom stereocenters. The molecule has 0 aliphatic rings. The van der Waals surface area contributed by atoms with Crippen molar-refractivity contribution < 1.29 is 0 Å². The minimum atomic E-state index is 0.630. The van der Waals surface area contributed by atoms with Gasteiger partial charge in [-0.1, -0.05) is 11.6 Å². The van der Waals surface area contributed by atoms with Crippen LogP contribution in [0.3, 0.4) is 0 Å². The van der Waals surface area contributed by atoms with E-state index in [1.54, 1.807) is 19.3 Å². The molecule has 1 aromatic rings. The van der Waals surface area contributed by atoms with Crippen LogP contribution >= 0.6 is 27.5 Å². The monoisotopic (exact) mass is 220 g/mol. The molecule has 10 heavy (non-hydrogen) atoms. The quantitative estimate of drug-likeness (QED) is 0.788. The van der Waals surface area contributed by atoms with Crippen LogP contribution in [0.1, 0.15) is 0 Å². The topological polar surface area (TPSA) is 24.9 Å². The summed E-state index contributed by atoms with van der Waals surface area (Å²) in [6.45, 7) is 0. The van der Waals surface area contributed by atoms with Gasteiger partial charge in [0.15, 0.2) is 0 Å². The maximum Gasteiger partial charge on any atom is 0.140 e. The molecule has 0 aromatic carbocycles. The van der Waals surface area contributed by atoms with Crippen molar-refractivity contribution in [3.8, 4) is 0 Å². The zero-order valence-corrected chi connectivity index (χ0v) is 7.70. The van der Waals surface area contributed by atoms with E-state index in [2.05, 4.69) is 26.2 Å². The smallest absolute Gasteiger partial charge is 0.140 e. The summed E-state index contributed by atoms with van der Waals surface area (Å²) in [6.07, 6.45) is 1.60. The number of nitrogens with zero attached hydrogens (tertiary/aromatic N) is 1. The van der Waals surface area contributed by atoms with E-state index in [4.69, 9.17) is 11.6 Å². The SMILES string of the molecule is CNc1ncc(Cl)cc1Br. The lowest BCUT2D eigenvalue weighted by Crippen LogP contribution is -1.91. The van der Waals surface area contributed by atoms with Gasteiger partial charge in [0, 0.05) is 13.2 Å². The van der Waals surface area contributed by atoms with Crippen molar-refractivity contribution in [1.82, 2.24) is 4.98 Å². The van der Waals surface area contributed by atoms with Gasteiger partial charge in [0.2, 0.25) is 0 Å². The molecule has 0 aliphatic heterocycles. The van der Waals surface area contributed by atoms with Crippen LogP contribution in [0, 0.1) is 0 Å². The molecule has 0 amide bonds. The van der Waals surface area contributed by atoms with Gasteiger partial charge in [0.05, 0.1) is 9.50 Å². The maximum atomic E-state index is 5.65. The minimum absolute atomic E-state index is 0.630. The van der Waals surface area contributed by atoms with E-state index in [1.165, 1.54) is 0 Å². The normalized spacial score (nSPS) is 9.50. The van der Waals surface area contributed by atoms with E-state index in [-0.39, 0.29) is 0 Å². The number of hydrogen-bond acceptors (Lipinski definition) is 2. The molecule has 1 aromatic heterocycles. The Morgan fingerprint density at radius 2 is 2.40 bits per heavy atom. The Morgan fingerprint density at radius 1 is 1.70 bits per heavy atom. The molecular weight excluding hydrogens is 215 g/mol. The summed E-state index contributed by atoms with van der Waals surface area (Å²) in [5.74, 6) is 0.796. The third kappa shape index (κ3) is 1.61. The maximum absolute atomic E-state index is 5.65. The van der Waals surface area contributed by atoms with Crippen molar-refractivity contribution in [2.45, 2.75) is 0 Å². The van der Waals surface area contributed by atoms with Gasteiger partial charge in [-0.05, 0) is 22.0 Å². The first-order chi connectivity index (χ1) is 4.74. The van der Waals surface area contributed by atoms with E-state index in [0.29, 0.717) is 5.02 Å². The summed E-state index contributed by atoms with van der Waals surface area (Å²) in [4.78, 5) is 4.01. The summed E-state index contributed by atoms with van der Waals surface area (Å²) >= 11 is 8.95. The molecule has 1 heterocycles. The number of nitrogens with one attached hydrogen (secondary N) is 1. The van der Waals surface area contributed by atoms with Crippen molar-refractivity contribution in [2.24, 2.45) is 0 Å². The zero-order chi connectivity index (χ0) is 7.56. The number of halogens is 2. The van der Waals surface area contributed by atoms with Crippen LogP contribution in [0.15, 0.2) is 16.7 Å². The van der Waals surface area contributed by atoms with Crippen LogP contribution in [0.2, 0.25) is 5.02 Å². The second kappa shape index (κ2) is 3.21. The van der Waals surface area contributed by atoms with Crippen molar-refractivity contribution in [3.63, 3.8) is 0 Å². The predicted octanol–water partition coefficient (Wildman–Crippen LogP) is 2.54. The average Bonchev–Trinajstić information content (AvgIpc) is 1.88. The molecule has 0 radical (unpaired) electrons. The second-order valence-corrected chi connectivity index (χ2v) is 3.02. The lowest BCUT2D eigenvalue weighted by molar-refractivity contribution is 1.27. The van der Waals surface area contributed by atoms with Gasteiger partial charge in [-0.25, -0.2) is 4.98 Å². The van der Waals surface area contributed by atoms with Crippen molar-refractivity contribution >= 4 is 33.3 Å². The minimum Gasteiger partial charge on any atom is -0.372 e. The molecule has 4 heteroatoms. The molecular formula is C6H6BrClN2. The van der Waals surface area contributed by atoms with Gasteiger partial charge >= 0.3 is 0 Å². The average molecular weight is 221 g/mol. The molecule has 54 valence electrons. The molecule has 0 fully saturated rings. The number of aromatic nitrogens is 1. The third-order valence-electron chi connectivity index (χ3n) is 1.04. The summed E-state index contributed by atoms with van der Waals surface area (Å²) in [5, 5.41) is 3.54. The number of rotatable bonds is 1. The standard InChI is InChI=1S/C6H6BrClN2/c1-9-6-5(7)2-4(8)3-10-6/h2-3H,1H3,(H,9,10). The first-order valence-electron chi connectivity index (χ1n) is 2.73. The summed E-state index contributed by atoms with van der Waals surface area (Å²) < 4.78 is 0.877. The van der Waals surface area contributed by atoms with Crippen LogP contribution < -0.4 is 5.32 Å². The van der Waals surface area contributed by atoms with E-state index < -0.39 is 0 Å². The second-order valence-electron chi connectivity index (χ2n) is 1.73. The molecule has 0 bridgehead atoms. The molecule has 0 saturated carbocycles. The van der Waals surface area contributed by atoms with E-state index in [9.17, 15) is 0 Å². The molecule has 1 N–H and O–H groups in total. The van der Waals surface area contributed by atoms with Gasteiger partial charge < -0.3 is 5.32 Å². The van der Waals surface area contributed by atoms with E-state index in [0.717, 1.165) is 10.3 Å². The van der Waals surface area contributed by atoms with Crippen LogP contribution in [0.5, 0.6) is 0 Å². The van der Waals surface area contributed by atoms with Gasteiger partial charge in [-0.2, -0.15) is 0 Å². The van der Waals surface area contributed by atoms with Gasteiger partial charge in [0.1, 0.15) is 5.82 Å². The van der Waals surface area contributed by atoms with Gasteiger partial charge in [0.25, 0.3) is 0 Å². The highest BCUT2D eigenvalue weighted by Gasteiger charge is 1.97. The first kappa shape index (κ1) is 7.82. The van der Waals surface area contributed by atoms with E-state index >= 15 is 0 Å². The zero-order valence-electron chi connectivity index (χ0n) is 5.36. The van der Waals surface area contributed by atoms with Gasteiger partial charge in [-0.15, -0.1) is 0 Å². The van der Waals surface area contributed by atoms with Crippen LogP contribution in [0.4, 0.5) is 5.82 Å². The largest absolute Gasteiger partial charge is 0.372 e. The first-order valence-corrected chi connectivity index (χ1v) is 3.90. The molecule has 1 rings (SSSR count). The molecule has 0 saturated heterocycles. The Hall–Kier alpha value is -0.280. The molecule has 0 atom stereocenters. The van der Waals surface area contributed by atoms with E-state index in [1.807, 2.05) is 0 Å². The summed E-state index contributed by atoms with van der Waals surface area (Å²) in [6, 6.07) is 1.79. The van der Waals surface area contributed by atoms with Crippen molar-refractivity contribution in [2.75, 3.05) is 12.4 Å². The number of anilines is 1. The fourth-order valence-corrected chi connectivity index (χ4v) is 1.44.